The number of nitrogens with one attached hydrogen (secondary N) is 1. The zero-order valence-electron chi connectivity index (χ0n) is 15.5. The third kappa shape index (κ3) is 3.99. The zero-order valence-corrected chi connectivity index (χ0v) is 15.5. The summed E-state index contributed by atoms with van der Waals surface area (Å²) in [5.74, 6) is -0.356. The molecular formula is C19H27N3O4. The second-order valence-corrected chi connectivity index (χ2v) is 6.91. The highest BCUT2D eigenvalue weighted by molar-refractivity contribution is 5.92. The van der Waals surface area contributed by atoms with Gasteiger partial charge in [0.1, 0.15) is 0 Å². The quantitative estimate of drug-likeness (QED) is 0.836. The van der Waals surface area contributed by atoms with Crippen molar-refractivity contribution in [3.05, 3.63) is 29.8 Å². The Morgan fingerprint density at radius 1 is 1.19 bits per heavy atom. The first-order chi connectivity index (χ1) is 12.5. The van der Waals surface area contributed by atoms with E-state index >= 15 is 0 Å². The average Bonchev–Trinajstić information content (AvgIpc) is 2.65. The summed E-state index contributed by atoms with van der Waals surface area (Å²) in [6.45, 7) is 5.87. The van der Waals surface area contributed by atoms with E-state index < -0.39 is 0 Å². The van der Waals surface area contributed by atoms with Crippen LogP contribution in [-0.2, 0) is 9.47 Å². The second kappa shape index (κ2) is 8.05. The summed E-state index contributed by atoms with van der Waals surface area (Å²) in [5.41, 5.74) is 1.16. The molecule has 142 valence electrons. The maximum Gasteiger partial charge on any atom is 0.338 e. The van der Waals surface area contributed by atoms with E-state index in [0.717, 1.165) is 32.6 Å². The van der Waals surface area contributed by atoms with Gasteiger partial charge in [0, 0.05) is 44.1 Å². The molecule has 0 radical (unpaired) electrons. The molecule has 2 aliphatic heterocycles. The van der Waals surface area contributed by atoms with Crippen molar-refractivity contribution in [2.45, 2.75) is 25.3 Å². The monoisotopic (exact) mass is 361 g/mol. The first-order valence-corrected chi connectivity index (χ1v) is 9.16. The lowest BCUT2D eigenvalue weighted by Gasteiger charge is -2.51. The van der Waals surface area contributed by atoms with Crippen LogP contribution in [0.25, 0.3) is 0 Å². The lowest BCUT2D eigenvalue weighted by Crippen LogP contribution is -2.64. The largest absolute Gasteiger partial charge is 0.462 e. The lowest BCUT2D eigenvalue weighted by molar-refractivity contribution is -0.0504. The fourth-order valence-corrected chi connectivity index (χ4v) is 3.63. The Morgan fingerprint density at radius 2 is 1.88 bits per heavy atom. The number of urea groups is 1. The Morgan fingerprint density at radius 3 is 2.54 bits per heavy atom. The molecule has 1 aromatic carbocycles. The highest BCUT2D eigenvalue weighted by Crippen LogP contribution is 2.30. The molecule has 2 heterocycles. The Kier molecular flexibility index (Phi) is 5.78. The number of amides is 2. The molecule has 7 heteroatoms. The standard InChI is InChI=1S/C19H27N3O4/c1-3-26-17(23)15-4-6-16(7-5-15)20-18(24)22-11-10-21(2)19(14-22)8-12-25-13-9-19/h4-7H,3,8-14H2,1-2H3,(H,20,24). The van der Waals surface area contributed by atoms with Gasteiger partial charge in [0.25, 0.3) is 0 Å². The molecule has 1 aromatic rings. The third-order valence-corrected chi connectivity index (χ3v) is 5.36. The number of likely N-dealkylation sites (N-methyl/N-ethyl adjacent to an activating group) is 1. The summed E-state index contributed by atoms with van der Waals surface area (Å²) < 4.78 is 10.5. The predicted molar refractivity (Wildman–Crippen MR) is 98.4 cm³/mol. The molecule has 0 atom stereocenters. The summed E-state index contributed by atoms with van der Waals surface area (Å²) in [4.78, 5) is 28.6. The van der Waals surface area contributed by atoms with E-state index in [1.165, 1.54) is 0 Å². The van der Waals surface area contributed by atoms with Crippen LogP contribution in [0, 0.1) is 0 Å². The Labute approximate surface area is 154 Å². The minimum Gasteiger partial charge on any atom is -0.462 e. The highest BCUT2D eigenvalue weighted by Gasteiger charge is 2.42. The molecular weight excluding hydrogens is 334 g/mol. The number of nitrogens with zero attached hydrogens (tertiary/aromatic N) is 2. The molecule has 2 saturated heterocycles. The summed E-state index contributed by atoms with van der Waals surface area (Å²) >= 11 is 0. The first kappa shape index (κ1) is 18.7. The minimum atomic E-state index is -0.356. The van der Waals surface area contributed by atoms with Gasteiger partial charge in [-0.3, -0.25) is 4.90 Å². The first-order valence-electron chi connectivity index (χ1n) is 9.16. The molecule has 0 saturated carbocycles. The number of piperazine rings is 1. The molecule has 1 spiro atoms. The van der Waals surface area contributed by atoms with E-state index in [-0.39, 0.29) is 17.5 Å². The minimum absolute atomic E-state index is 0.0155. The number of anilines is 1. The van der Waals surface area contributed by atoms with Gasteiger partial charge in [0.15, 0.2) is 0 Å². The van der Waals surface area contributed by atoms with Gasteiger partial charge in [-0.1, -0.05) is 0 Å². The van der Waals surface area contributed by atoms with Crippen molar-refractivity contribution in [3.63, 3.8) is 0 Å². The van der Waals surface area contributed by atoms with Gasteiger partial charge in [-0.05, 0) is 51.1 Å². The maximum absolute atomic E-state index is 12.7. The number of rotatable bonds is 3. The Hall–Kier alpha value is -2.12. The molecule has 2 amide bonds. The summed E-state index contributed by atoms with van der Waals surface area (Å²) in [5, 5.41) is 2.93. The molecule has 2 aliphatic rings. The maximum atomic E-state index is 12.7. The van der Waals surface area contributed by atoms with Crippen molar-refractivity contribution in [2.24, 2.45) is 0 Å². The van der Waals surface area contributed by atoms with Crippen molar-refractivity contribution in [1.29, 1.82) is 0 Å². The number of carbonyl (C=O) groups excluding carboxylic acids is 2. The van der Waals surface area contributed by atoms with Crippen LogP contribution in [0.1, 0.15) is 30.1 Å². The fourth-order valence-electron chi connectivity index (χ4n) is 3.63. The predicted octanol–water partition coefficient (Wildman–Crippen LogP) is 2.19. The van der Waals surface area contributed by atoms with Crippen molar-refractivity contribution < 1.29 is 19.1 Å². The van der Waals surface area contributed by atoms with Crippen molar-refractivity contribution in [1.82, 2.24) is 9.80 Å². The number of ether oxygens (including phenoxy) is 2. The van der Waals surface area contributed by atoms with Crippen molar-refractivity contribution in [3.8, 4) is 0 Å². The molecule has 0 aromatic heterocycles. The molecule has 26 heavy (non-hydrogen) atoms. The van der Waals surface area contributed by atoms with Crippen LogP contribution < -0.4 is 5.32 Å². The van der Waals surface area contributed by atoms with Crippen LogP contribution in [0.15, 0.2) is 24.3 Å². The summed E-state index contributed by atoms with van der Waals surface area (Å²) in [6.07, 6.45) is 1.89. The van der Waals surface area contributed by atoms with E-state index in [4.69, 9.17) is 9.47 Å². The molecule has 0 unspecified atom stereocenters. The summed E-state index contributed by atoms with van der Waals surface area (Å²) in [6, 6.07) is 6.68. The molecule has 0 aliphatic carbocycles. The number of hydrogen-bond donors (Lipinski definition) is 1. The molecule has 7 nitrogen and oxygen atoms in total. The lowest BCUT2D eigenvalue weighted by atomic mass is 9.86. The van der Waals surface area contributed by atoms with E-state index in [1.54, 1.807) is 31.2 Å². The normalized spacial score (nSPS) is 20.0. The van der Waals surface area contributed by atoms with Crippen LogP contribution in [0.4, 0.5) is 10.5 Å². The molecule has 1 N–H and O–H groups in total. The molecule has 0 bridgehead atoms. The van der Waals surface area contributed by atoms with Gasteiger partial charge in [0.2, 0.25) is 0 Å². The van der Waals surface area contributed by atoms with E-state index in [2.05, 4.69) is 17.3 Å². The number of hydrogen-bond acceptors (Lipinski definition) is 5. The SMILES string of the molecule is CCOC(=O)c1ccc(NC(=O)N2CCN(C)C3(CCOCC3)C2)cc1. The topological polar surface area (TPSA) is 71.1 Å². The van der Waals surface area contributed by atoms with Gasteiger partial charge in [-0.15, -0.1) is 0 Å². The van der Waals surface area contributed by atoms with Crippen molar-refractivity contribution in [2.75, 3.05) is 51.8 Å². The Bertz CT molecular complexity index is 641. The van der Waals surface area contributed by atoms with Gasteiger partial charge in [0.05, 0.1) is 12.2 Å². The van der Waals surface area contributed by atoms with E-state index in [9.17, 15) is 9.59 Å². The molecule has 2 fully saturated rings. The smallest absolute Gasteiger partial charge is 0.338 e. The number of carbonyl (C=O) groups is 2. The average molecular weight is 361 g/mol. The zero-order chi connectivity index (χ0) is 18.6. The summed E-state index contributed by atoms with van der Waals surface area (Å²) in [7, 11) is 2.13. The van der Waals surface area contributed by atoms with Gasteiger partial charge >= 0.3 is 12.0 Å². The van der Waals surface area contributed by atoms with Crippen LogP contribution in [0.5, 0.6) is 0 Å². The van der Waals surface area contributed by atoms with Crippen LogP contribution >= 0.6 is 0 Å². The van der Waals surface area contributed by atoms with Gasteiger partial charge in [-0.25, -0.2) is 9.59 Å². The van der Waals surface area contributed by atoms with E-state index in [0.29, 0.717) is 30.9 Å². The van der Waals surface area contributed by atoms with Crippen LogP contribution in [0.3, 0.4) is 0 Å². The fraction of sp³-hybridized carbons (Fsp3) is 0.579. The van der Waals surface area contributed by atoms with Gasteiger partial charge in [-0.2, -0.15) is 0 Å². The van der Waals surface area contributed by atoms with Crippen LogP contribution in [0.2, 0.25) is 0 Å². The second-order valence-electron chi connectivity index (χ2n) is 6.91. The van der Waals surface area contributed by atoms with Crippen molar-refractivity contribution >= 4 is 17.7 Å². The van der Waals surface area contributed by atoms with E-state index in [1.807, 2.05) is 4.90 Å². The Balaban J connectivity index is 1.61. The number of benzene rings is 1. The molecule has 3 rings (SSSR count). The number of esters is 1. The third-order valence-electron chi connectivity index (χ3n) is 5.36. The van der Waals surface area contributed by atoms with Gasteiger partial charge < -0.3 is 19.7 Å². The van der Waals surface area contributed by atoms with Crippen LogP contribution in [-0.4, -0.2) is 73.8 Å². The highest BCUT2D eigenvalue weighted by atomic mass is 16.5.